The van der Waals surface area contributed by atoms with Gasteiger partial charge in [-0.2, -0.15) is 0 Å². The highest BCUT2D eigenvalue weighted by Crippen LogP contribution is 2.33. The van der Waals surface area contributed by atoms with Gasteiger partial charge < -0.3 is 14.6 Å². The Morgan fingerprint density at radius 3 is 2.82 bits per heavy atom. The molecule has 0 heterocycles. The molecule has 1 aromatic rings. The van der Waals surface area contributed by atoms with E-state index in [1.807, 2.05) is 0 Å². The molecule has 22 heavy (non-hydrogen) atoms. The van der Waals surface area contributed by atoms with Crippen molar-refractivity contribution in [1.82, 2.24) is 0 Å². The Balaban J connectivity index is 2.12. The second kappa shape index (κ2) is 6.92. The second-order valence-corrected chi connectivity index (χ2v) is 5.40. The highest BCUT2D eigenvalue weighted by atomic mass is 19.1. The first-order valence-corrected chi connectivity index (χ1v) is 7.41. The van der Waals surface area contributed by atoms with Crippen LogP contribution in [0.1, 0.15) is 31.7 Å². The van der Waals surface area contributed by atoms with Crippen LogP contribution >= 0.6 is 0 Å². The van der Waals surface area contributed by atoms with E-state index >= 15 is 0 Å². The molecule has 1 aliphatic carbocycles. The number of rotatable bonds is 6. The van der Waals surface area contributed by atoms with Crippen LogP contribution in [-0.4, -0.2) is 30.2 Å². The van der Waals surface area contributed by atoms with E-state index < -0.39 is 5.60 Å². The number of carbonyl (C=O) groups is 1. The monoisotopic (exact) mass is 308 g/mol. The van der Waals surface area contributed by atoms with Crippen molar-refractivity contribution in [1.29, 1.82) is 0 Å². The molecule has 0 radical (unpaired) electrons. The number of carbonyl (C=O) groups excluding carboxylic acids is 1. The molecule has 0 saturated carbocycles. The number of ketones is 1. The fourth-order valence-electron chi connectivity index (χ4n) is 2.58. The summed E-state index contributed by atoms with van der Waals surface area (Å²) in [5.74, 6) is 0.332. The molecule has 0 amide bonds. The van der Waals surface area contributed by atoms with Crippen LogP contribution in [0.3, 0.4) is 0 Å². The minimum Gasteiger partial charge on any atom is -0.497 e. The van der Waals surface area contributed by atoms with Gasteiger partial charge in [-0.25, -0.2) is 4.39 Å². The Morgan fingerprint density at radius 1 is 1.41 bits per heavy atom. The van der Waals surface area contributed by atoms with Gasteiger partial charge in [0.15, 0.2) is 5.78 Å². The van der Waals surface area contributed by atoms with Gasteiger partial charge in [0.25, 0.3) is 0 Å². The molecule has 2 rings (SSSR count). The summed E-state index contributed by atoms with van der Waals surface area (Å²) in [5, 5.41) is 10.7. The smallest absolute Gasteiger partial charge is 0.159 e. The van der Waals surface area contributed by atoms with Crippen molar-refractivity contribution in [3.05, 3.63) is 41.4 Å². The minimum atomic E-state index is -1.21. The SMILES string of the molecule is CCOC1=CC(=O)CC[C@@]1(O)CCc1ccc(OC)cc1F. The number of allylic oxidation sites excluding steroid dienone is 1. The molecule has 1 aliphatic rings. The molecular formula is C17H21FO4. The van der Waals surface area contributed by atoms with Crippen LogP contribution in [0.15, 0.2) is 30.0 Å². The zero-order chi connectivity index (χ0) is 16.2. The van der Waals surface area contributed by atoms with E-state index in [0.717, 1.165) is 0 Å². The van der Waals surface area contributed by atoms with Crippen molar-refractivity contribution in [2.45, 2.75) is 38.2 Å². The number of aryl methyl sites for hydroxylation is 1. The molecule has 0 unspecified atom stereocenters. The quantitative estimate of drug-likeness (QED) is 0.878. The number of hydrogen-bond acceptors (Lipinski definition) is 4. The summed E-state index contributed by atoms with van der Waals surface area (Å²) in [5.41, 5.74) is -0.710. The lowest BCUT2D eigenvalue weighted by Crippen LogP contribution is -2.37. The summed E-state index contributed by atoms with van der Waals surface area (Å²) in [7, 11) is 1.48. The maximum Gasteiger partial charge on any atom is 0.159 e. The Morgan fingerprint density at radius 2 is 2.18 bits per heavy atom. The van der Waals surface area contributed by atoms with Gasteiger partial charge in [-0.05, 0) is 37.8 Å². The van der Waals surface area contributed by atoms with Gasteiger partial charge in [-0.1, -0.05) is 6.07 Å². The predicted molar refractivity (Wildman–Crippen MR) is 80.2 cm³/mol. The first-order valence-electron chi connectivity index (χ1n) is 7.41. The van der Waals surface area contributed by atoms with Crippen LogP contribution in [0.4, 0.5) is 4.39 Å². The number of hydrogen-bond donors (Lipinski definition) is 1. The first kappa shape index (κ1) is 16.5. The van der Waals surface area contributed by atoms with Crippen LogP contribution in [0.5, 0.6) is 5.75 Å². The molecule has 1 N–H and O–H groups in total. The normalized spacial score (nSPS) is 21.5. The second-order valence-electron chi connectivity index (χ2n) is 5.40. The molecule has 0 fully saturated rings. The van der Waals surface area contributed by atoms with Gasteiger partial charge in [0.1, 0.15) is 22.9 Å². The lowest BCUT2D eigenvalue weighted by atomic mass is 9.83. The summed E-state index contributed by atoms with van der Waals surface area (Å²) >= 11 is 0. The third kappa shape index (κ3) is 3.65. The van der Waals surface area contributed by atoms with E-state index in [0.29, 0.717) is 42.9 Å². The third-order valence-electron chi connectivity index (χ3n) is 3.90. The van der Waals surface area contributed by atoms with Crippen LogP contribution in [0.2, 0.25) is 0 Å². The third-order valence-corrected chi connectivity index (χ3v) is 3.90. The summed E-state index contributed by atoms with van der Waals surface area (Å²) in [6.07, 6.45) is 2.59. The minimum absolute atomic E-state index is 0.0521. The highest BCUT2D eigenvalue weighted by molar-refractivity contribution is 5.91. The van der Waals surface area contributed by atoms with Crippen molar-refractivity contribution in [3.8, 4) is 5.75 Å². The molecule has 0 saturated heterocycles. The number of benzene rings is 1. The molecule has 0 aliphatic heterocycles. The molecule has 0 aromatic heterocycles. The largest absolute Gasteiger partial charge is 0.497 e. The Hall–Kier alpha value is -1.88. The number of aliphatic hydroxyl groups is 1. The maximum absolute atomic E-state index is 14.0. The molecule has 1 atom stereocenters. The van der Waals surface area contributed by atoms with Crippen molar-refractivity contribution >= 4 is 5.78 Å². The van der Waals surface area contributed by atoms with Gasteiger partial charge in [0, 0.05) is 18.6 Å². The van der Waals surface area contributed by atoms with E-state index in [9.17, 15) is 14.3 Å². The van der Waals surface area contributed by atoms with Crippen LogP contribution in [0.25, 0.3) is 0 Å². The maximum atomic E-state index is 14.0. The highest BCUT2D eigenvalue weighted by Gasteiger charge is 2.37. The molecule has 120 valence electrons. The van der Waals surface area contributed by atoms with Crippen molar-refractivity contribution in [3.63, 3.8) is 0 Å². The van der Waals surface area contributed by atoms with E-state index in [1.165, 1.54) is 19.3 Å². The number of halogens is 1. The molecule has 4 nitrogen and oxygen atoms in total. The van der Waals surface area contributed by atoms with Crippen LogP contribution in [-0.2, 0) is 16.0 Å². The number of methoxy groups -OCH3 is 1. The predicted octanol–water partition coefficient (Wildman–Crippen LogP) is 2.78. The molecule has 5 heteroatoms. The summed E-state index contributed by atoms with van der Waals surface area (Å²) < 4.78 is 24.3. The van der Waals surface area contributed by atoms with Gasteiger partial charge in [-0.3, -0.25) is 4.79 Å². The standard InChI is InChI=1S/C17H21FO4/c1-3-22-16-10-13(19)7-9-17(16,20)8-6-12-4-5-14(21-2)11-15(12)18/h4-5,10-11,20H,3,6-9H2,1-2H3/t17-/m0/s1. The van der Waals surface area contributed by atoms with E-state index in [1.54, 1.807) is 19.1 Å². The lowest BCUT2D eigenvalue weighted by Gasteiger charge is -2.33. The van der Waals surface area contributed by atoms with Gasteiger partial charge in [0.2, 0.25) is 0 Å². The average molecular weight is 308 g/mol. The lowest BCUT2D eigenvalue weighted by molar-refractivity contribution is -0.118. The molecular weight excluding hydrogens is 287 g/mol. The summed E-state index contributed by atoms with van der Waals surface area (Å²) in [6.45, 7) is 2.17. The fraction of sp³-hybridized carbons (Fsp3) is 0.471. The van der Waals surface area contributed by atoms with Crippen molar-refractivity contribution in [2.24, 2.45) is 0 Å². The van der Waals surface area contributed by atoms with Gasteiger partial charge >= 0.3 is 0 Å². The zero-order valence-electron chi connectivity index (χ0n) is 12.9. The van der Waals surface area contributed by atoms with Crippen LogP contribution in [0, 0.1) is 5.82 Å². The fourth-order valence-corrected chi connectivity index (χ4v) is 2.58. The van der Waals surface area contributed by atoms with E-state index in [-0.39, 0.29) is 18.0 Å². The Bertz CT molecular complexity index is 582. The van der Waals surface area contributed by atoms with E-state index in [4.69, 9.17) is 9.47 Å². The van der Waals surface area contributed by atoms with Gasteiger partial charge in [-0.15, -0.1) is 0 Å². The first-order chi connectivity index (χ1) is 10.5. The van der Waals surface area contributed by atoms with Crippen LogP contribution < -0.4 is 4.74 Å². The summed E-state index contributed by atoms with van der Waals surface area (Å²) in [4.78, 5) is 11.5. The van der Waals surface area contributed by atoms with Crippen molar-refractivity contribution < 1.29 is 23.8 Å². The Kier molecular flexibility index (Phi) is 5.19. The molecule has 0 spiro atoms. The number of ether oxygens (including phenoxy) is 2. The molecule has 1 aromatic carbocycles. The van der Waals surface area contributed by atoms with Gasteiger partial charge in [0.05, 0.1) is 13.7 Å². The molecule has 0 bridgehead atoms. The average Bonchev–Trinajstić information content (AvgIpc) is 2.50. The Labute approximate surface area is 129 Å². The van der Waals surface area contributed by atoms with Crippen molar-refractivity contribution in [2.75, 3.05) is 13.7 Å². The topological polar surface area (TPSA) is 55.8 Å². The zero-order valence-corrected chi connectivity index (χ0v) is 12.9. The van der Waals surface area contributed by atoms with E-state index in [2.05, 4.69) is 0 Å². The summed E-state index contributed by atoms with van der Waals surface area (Å²) in [6, 6.07) is 4.66.